The summed E-state index contributed by atoms with van der Waals surface area (Å²) in [6.07, 6.45) is 4.16. The minimum Gasteiger partial charge on any atom is -0.484 e. The van der Waals surface area contributed by atoms with Crippen LogP contribution in [0.3, 0.4) is 0 Å². The first kappa shape index (κ1) is 17.5. The van der Waals surface area contributed by atoms with Gasteiger partial charge in [0.05, 0.1) is 18.0 Å². The molecule has 0 spiro atoms. The van der Waals surface area contributed by atoms with E-state index >= 15 is 0 Å². The standard InChI is InChI=1S/C18H20ClN3O3/c19-13-3-6-15(7-4-13)25-12-18(23)22-17-8-5-14(10-21-17)20-11-16-2-1-9-24-16/h3-8,10,16,20H,1-2,9,11-12H2,(H,21,22,23). The largest absolute Gasteiger partial charge is 0.484 e. The van der Waals surface area contributed by atoms with Crippen molar-refractivity contribution in [2.24, 2.45) is 0 Å². The fourth-order valence-electron chi connectivity index (χ4n) is 2.47. The molecule has 1 saturated heterocycles. The lowest BCUT2D eigenvalue weighted by Gasteiger charge is -2.12. The van der Waals surface area contributed by atoms with Crippen LogP contribution in [0.25, 0.3) is 0 Å². The predicted molar refractivity (Wildman–Crippen MR) is 97.3 cm³/mol. The summed E-state index contributed by atoms with van der Waals surface area (Å²) in [7, 11) is 0. The van der Waals surface area contributed by atoms with E-state index in [0.717, 1.165) is 31.7 Å². The minimum atomic E-state index is -0.275. The molecule has 1 fully saturated rings. The van der Waals surface area contributed by atoms with Gasteiger partial charge < -0.3 is 20.1 Å². The molecule has 1 amide bonds. The first-order chi connectivity index (χ1) is 12.2. The molecule has 2 heterocycles. The van der Waals surface area contributed by atoms with Gasteiger partial charge in [0.2, 0.25) is 0 Å². The molecule has 1 aromatic heterocycles. The third-order valence-corrected chi connectivity index (χ3v) is 4.02. The van der Waals surface area contributed by atoms with E-state index in [4.69, 9.17) is 21.1 Å². The molecule has 6 nitrogen and oxygen atoms in total. The second-order valence-corrected chi connectivity index (χ2v) is 6.18. The number of amides is 1. The van der Waals surface area contributed by atoms with Crippen LogP contribution in [0.2, 0.25) is 5.02 Å². The Morgan fingerprint density at radius 3 is 2.80 bits per heavy atom. The molecule has 2 N–H and O–H groups in total. The molecule has 3 rings (SSSR count). The first-order valence-electron chi connectivity index (χ1n) is 8.19. The van der Waals surface area contributed by atoms with E-state index in [-0.39, 0.29) is 18.6 Å². The van der Waals surface area contributed by atoms with Crippen molar-refractivity contribution in [1.82, 2.24) is 4.98 Å². The number of carbonyl (C=O) groups excluding carboxylic acids is 1. The van der Waals surface area contributed by atoms with Crippen molar-refractivity contribution in [2.45, 2.75) is 18.9 Å². The number of carbonyl (C=O) groups is 1. The molecule has 0 radical (unpaired) electrons. The van der Waals surface area contributed by atoms with Gasteiger partial charge in [-0.3, -0.25) is 4.79 Å². The zero-order valence-electron chi connectivity index (χ0n) is 13.7. The van der Waals surface area contributed by atoms with Gasteiger partial charge in [-0.2, -0.15) is 0 Å². The minimum absolute atomic E-state index is 0.0949. The zero-order valence-corrected chi connectivity index (χ0v) is 14.5. The lowest BCUT2D eigenvalue weighted by Crippen LogP contribution is -2.21. The van der Waals surface area contributed by atoms with Crippen LogP contribution in [0.4, 0.5) is 11.5 Å². The van der Waals surface area contributed by atoms with Gasteiger partial charge in [0.25, 0.3) is 5.91 Å². The van der Waals surface area contributed by atoms with Crippen LogP contribution in [0.15, 0.2) is 42.6 Å². The van der Waals surface area contributed by atoms with Crippen molar-refractivity contribution in [3.8, 4) is 5.75 Å². The summed E-state index contributed by atoms with van der Waals surface area (Å²) < 4.78 is 10.9. The Hall–Kier alpha value is -2.31. The Kier molecular flexibility index (Phi) is 6.09. The molecule has 0 saturated carbocycles. The Labute approximate surface area is 151 Å². The molecule has 1 aliphatic rings. The highest BCUT2D eigenvalue weighted by atomic mass is 35.5. The molecule has 0 bridgehead atoms. The summed E-state index contributed by atoms with van der Waals surface area (Å²) in [5, 5.41) is 6.60. The van der Waals surface area contributed by atoms with Crippen molar-refractivity contribution < 1.29 is 14.3 Å². The number of pyridine rings is 1. The van der Waals surface area contributed by atoms with Gasteiger partial charge >= 0.3 is 0 Å². The number of hydrogen-bond acceptors (Lipinski definition) is 5. The monoisotopic (exact) mass is 361 g/mol. The summed E-state index contributed by atoms with van der Waals surface area (Å²) in [6, 6.07) is 10.5. The molecule has 2 aromatic rings. The summed E-state index contributed by atoms with van der Waals surface area (Å²) in [5.74, 6) is 0.788. The number of rotatable bonds is 7. The summed E-state index contributed by atoms with van der Waals surface area (Å²) in [4.78, 5) is 16.1. The second-order valence-electron chi connectivity index (χ2n) is 5.74. The highest BCUT2D eigenvalue weighted by Gasteiger charge is 2.14. The van der Waals surface area contributed by atoms with Crippen LogP contribution in [0.5, 0.6) is 5.75 Å². The highest BCUT2D eigenvalue weighted by molar-refractivity contribution is 6.30. The van der Waals surface area contributed by atoms with Gasteiger partial charge in [0.1, 0.15) is 11.6 Å². The van der Waals surface area contributed by atoms with Crippen molar-refractivity contribution in [1.29, 1.82) is 0 Å². The number of hydrogen-bond donors (Lipinski definition) is 2. The van der Waals surface area contributed by atoms with Crippen LogP contribution < -0.4 is 15.4 Å². The summed E-state index contributed by atoms with van der Waals surface area (Å²) in [6.45, 7) is 1.51. The number of halogens is 1. The average Bonchev–Trinajstić information content (AvgIpc) is 3.14. The first-order valence-corrected chi connectivity index (χ1v) is 8.56. The summed E-state index contributed by atoms with van der Waals surface area (Å²) in [5.41, 5.74) is 0.894. The Balaban J connectivity index is 1.42. The van der Waals surface area contributed by atoms with Crippen LogP contribution in [-0.2, 0) is 9.53 Å². The van der Waals surface area contributed by atoms with Crippen LogP contribution in [-0.4, -0.2) is 36.8 Å². The maximum atomic E-state index is 11.9. The molecular formula is C18H20ClN3O3. The van der Waals surface area contributed by atoms with Gasteiger partial charge in [-0.25, -0.2) is 4.98 Å². The Bertz CT molecular complexity index is 686. The molecule has 1 aromatic carbocycles. The smallest absolute Gasteiger partial charge is 0.263 e. The average molecular weight is 362 g/mol. The number of anilines is 2. The third-order valence-electron chi connectivity index (χ3n) is 3.77. The van der Waals surface area contributed by atoms with Crippen LogP contribution >= 0.6 is 11.6 Å². The second kappa shape index (κ2) is 8.69. The molecule has 132 valence electrons. The normalized spacial score (nSPS) is 16.4. The molecule has 7 heteroatoms. The van der Waals surface area contributed by atoms with E-state index < -0.39 is 0 Å². The number of nitrogens with zero attached hydrogens (tertiary/aromatic N) is 1. The lowest BCUT2D eigenvalue weighted by atomic mass is 10.2. The van der Waals surface area contributed by atoms with E-state index in [1.165, 1.54) is 0 Å². The molecule has 0 aliphatic carbocycles. The van der Waals surface area contributed by atoms with E-state index in [0.29, 0.717) is 16.6 Å². The Morgan fingerprint density at radius 2 is 2.12 bits per heavy atom. The number of nitrogens with one attached hydrogen (secondary N) is 2. The lowest BCUT2D eigenvalue weighted by molar-refractivity contribution is -0.118. The third kappa shape index (κ3) is 5.62. The molecule has 1 unspecified atom stereocenters. The zero-order chi connectivity index (χ0) is 17.5. The maximum Gasteiger partial charge on any atom is 0.263 e. The predicted octanol–water partition coefficient (Wildman–Crippen LogP) is 3.34. The van der Waals surface area contributed by atoms with Gasteiger partial charge in [0.15, 0.2) is 6.61 Å². The molecule has 1 atom stereocenters. The van der Waals surface area contributed by atoms with Crippen molar-refractivity contribution >= 4 is 29.0 Å². The van der Waals surface area contributed by atoms with Gasteiger partial charge in [-0.1, -0.05) is 11.6 Å². The number of benzene rings is 1. The fourth-order valence-corrected chi connectivity index (χ4v) is 2.59. The van der Waals surface area contributed by atoms with Crippen LogP contribution in [0, 0.1) is 0 Å². The number of aromatic nitrogens is 1. The number of ether oxygens (including phenoxy) is 2. The van der Waals surface area contributed by atoms with E-state index in [1.54, 1.807) is 36.5 Å². The molecule has 25 heavy (non-hydrogen) atoms. The molecular weight excluding hydrogens is 342 g/mol. The van der Waals surface area contributed by atoms with E-state index in [9.17, 15) is 4.79 Å². The van der Waals surface area contributed by atoms with E-state index in [1.807, 2.05) is 6.07 Å². The van der Waals surface area contributed by atoms with Gasteiger partial charge in [-0.05, 0) is 49.2 Å². The van der Waals surface area contributed by atoms with Crippen molar-refractivity contribution in [3.63, 3.8) is 0 Å². The van der Waals surface area contributed by atoms with Crippen molar-refractivity contribution in [3.05, 3.63) is 47.6 Å². The fraction of sp³-hybridized carbons (Fsp3) is 0.333. The van der Waals surface area contributed by atoms with Gasteiger partial charge in [0, 0.05) is 18.2 Å². The van der Waals surface area contributed by atoms with Gasteiger partial charge in [-0.15, -0.1) is 0 Å². The Morgan fingerprint density at radius 1 is 1.28 bits per heavy atom. The summed E-state index contributed by atoms with van der Waals surface area (Å²) >= 11 is 5.80. The molecule has 1 aliphatic heterocycles. The quantitative estimate of drug-likeness (QED) is 0.791. The maximum absolute atomic E-state index is 11.9. The topological polar surface area (TPSA) is 72.5 Å². The highest BCUT2D eigenvalue weighted by Crippen LogP contribution is 2.16. The van der Waals surface area contributed by atoms with E-state index in [2.05, 4.69) is 15.6 Å². The van der Waals surface area contributed by atoms with Crippen LogP contribution in [0.1, 0.15) is 12.8 Å². The SMILES string of the molecule is O=C(COc1ccc(Cl)cc1)Nc1ccc(NCC2CCCO2)cn1. The van der Waals surface area contributed by atoms with Crippen molar-refractivity contribution in [2.75, 3.05) is 30.4 Å².